The lowest BCUT2D eigenvalue weighted by atomic mass is 10.0. The second-order valence-electron chi connectivity index (χ2n) is 8.82. The van der Waals surface area contributed by atoms with E-state index in [4.69, 9.17) is 0 Å². The van der Waals surface area contributed by atoms with Crippen LogP contribution in [0, 0.1) is 0 Å². The number of hydrogen-bond donors (Lipinski definition) is 1. The number of benzene rings is 2. The van der Waals surface area contributed by atoms with Crippen LogP contribution in [-0.4, -0.2) is 50.1 Å². The summed E-state index contributed by atoms with van der Waals surface area (Å²) in [6.07, 6.45) is 1.12. The third-order valence-electron chi connectivity index (χ3n) is 6.68. The minimum absolute atomic E-state index is 0. The van der Waals surface area contributed by atoms with E-state index in [1.165, 1.54) is 22.8 Å². The zero-order chi connectivity index (χ0) is 24.6. The lowest BCUT2D eigenvalue weighted by Gasteiger charge is -2.22. The molecule has 6 nitrogen and oxygen atoms in total. The highest BCUT2D eigenvalue weighted by molar-refractivity contribution is 5.85. The maximum Gasteiger partial charge on any atom is 0.416 e. The number of aliphatic hydroxyl groups is 1. The van der Waals surface area contributed by atoms with Crippen molar-refractivity contribution in [2.24, 2.45) is 0 Å². The number of fused-ring (bicyclic) bond motifs is 1. The van der Waals surface area contributed by atoms with Crippen LogP contribution < -0.4 is 5.56 Å². The van der Waals surface area contributed by atoms with Crippen molar-refractivity contribution in [1.82, 2.24) is 19.2 Å². The van der Waals surface area contributed by atoms with E-state index >= 15 is 0 Å². The quantitative estimate of drug-likeness (QED) is 0.400. The maximum atomic E-state index is 12.8. The molecule has 0 amide bonds. The number of aliphatic hydroxyl groups excluding tert-OH is 1. The molecule has 1 fully saturated rings. The highest BCUT2D eigenvalue weighted by Crippen LogP contribution is 2.31. The van der Waals surface area contributed by atoms with E-state index in [2.05, 4.69) is 10.00 Å². The number of nitrogens with zero attached hydrogens (tertiary/aromatic N) is 4. The van der Waals surface area contributed by atoms with E-state index in [0.29, 0.717) is 23.4 Å². The van der Waals surface area contributed by atoms with Gasteiger partial charge in [-0.3, -0.25) is 18.9 Å². The zero-order valence-electron chi connectivity index (χ0n) is 19.4. The average Bonchev–Trinajstić information content (AvgIpc) is 3.48. The predicted molar refractivity (Wildman–Crippen MR) is 135 cm³/mol. The molecular weight excluding hydrogens is 493 g/mol. The maximum absolute atomic E-state index is 12.8. The molecule has 190 valence electrons. The molecular formula is C26H26ClF3N4O2. The zero-order valence-corrected chi connectivity index (χ0v) is 20.2. The van der Waals surface area contributed by atoms with Crippen LogP contribution in [0.2, 0.25) is 0 Å². The molecule has 2 aromatic carbocycles. The Labute approximate surface area is 212 Å². The van der Waals surface area contributed by atoms with E-state index in [-0.39, 0.29) is 30.6 Å². The average molecular weight is 519 g/mol. The molecule has 1 atom stereocenters. The summed E-state index contributed by atoms with van der Waals surface area (Å²) in [6.45, 7) is 2.69. The largest absolute Gasteiger partial charge is 0.416 e. The summed E-state index contributed by atoms with van der Waals surface area (Å²) in [5, 5.41) is 14.9. The first-order chi connectivity index (χ1) is 16.8. The Balaban J connectivity index is 0.00000304. The predicted octanol–water partition coefficient (Wildman–Crippen LogP) is 4.75. The Morgan fingerprint density at radius 1 is 1.00 bits per heavy atom. The Kier molecular flexibility index (Phi) is 7.54. The van der Waals surface area contributed by atoms with Gasteiger partial charge in [-0.25, -0.2) is 0 Å². The van der Waals surface area contributed by atoms with Crippen molar-refractivity contribution < 1.29 is 18.3 Å². The lowest BCUT2D eigenvalue weighted by molar-refractivity contribution is -0.137. The van der Waals surface area contributed by atoms with Gasteiger partial charge < -0.3 is 5.11 Å². The molecule has 0 spiro atoms. The minimum atomic E-state index is -4.40. The van der Waals surface area contributed by atoms with Gasteiger partial charge in [-0.2, -0.15) is 18.3 Å². The van der Waals surface area contributed by atoms with Gasteiger partial charge in [0.2, 0.25) is 0 Å². The highest BCUT2D eigenvalue weighted by Gasteiger charge is 2.30. The first-order valence-electron chi connectivity index (χ1n) is 11.5. The van der Waals surface area contributed by atoms with E-state index in [1.54, 1.807) is 18.5 Å². The molecule has 3 heterocycles. The van der Waals surface area contributed by atoms with Crippen LogP contribution in [0.1, 0.15) is 18.4 Å². The molecule has 4 aromatic rings. The van der Waals surface area contributed by atoms with Crippen molar-refractivity contribution in [3.63, 3.8) is 0 Å². The van der Waals surface area contributed by atoms with Gasteiger partial charge in [0, 0.05) is 35.9 Å². The fourth-order valence-electron chi connectivity index (χ4n) is 4.75. The minimum Gasteiger partial charge on any atom is -0.395 e. The van der Waals surface area contributed by atoms with Gasteiger partial charge in [0.15, 0.2) is 0 Å². The number of rotatable bonds is 6. The van der Waals surface area contributed by atoms with Crippen molar-refractivity contribution in [1.29, 1.82) is 0 Å². The molecule has 10 heteroatoms. The van der Waals surface area contributed by atoms with Crippen molar-refractivity contribution in [3.8, 4) is 16.8 Å². The van der Waals surface area contributed by atoms with Crippen LogP contribution >= 0.6 is 12.4 Å². The number of likely N-dealkylation sites (tertiary alicyclic amines) is 1. The normalized spacial score (nSPS) is 16.4. The summed E-state index contributed by atoms with van der Waals surface area (Å²) < 4.78 is 41.9. The van der Waals surface area contributed by atoms with E-state index in [1.807, 2.05) is 22.9 Å². The third-order valence-corrected chi connectivity index (χ3v) is 6.68. The molecule has 1 aliphatic heterocycles. The van der Waals surface area contributed by atoms with Gasteiger partial charge in [-0.1, -0.05) is 12.1 Å². The second kappa shape index (κ2) is 10.5. The third kappa shape index (κ3) is 5.18. The van der Waals surface area contributed by atoms with Crippen LogP contribution in [0.4, 0.5) is 13.2 Å². The molecule has 0 bridgehead atoms. The van der Waals surface area contributed by atoms with Gasteiger partial charge in [0.05, 0.1) is 30.4 Å². The smallest absolute Gasteiger partial charge is 0.395 e. The summed E-state index contributed by atoms with van der Waals surface area (Å²) in [5.74, 6) is 0. The summed E-state index contributed by atoms with van der Waals surface area (Å²) in [6, 6.07) is 13.8. The van der Waals surface area contributed by atoms with Crippen molar-refractivity contribution in [3.05, 3.63) is 82.9 Å². The van der Waals surface area contributed by atoms with Crippen LogP contribution in [-0.2, 0) is 12.7 Å². The first kappa shape index (κ1) is 25.9. The monoisotopic (exact) mass is 518 g/mol. The van der Waals surface area contributed by atoms with Crippen molar-refractivity contribution in [2.75, 3.05) is 19.7 Å². The standard InChI is InChI=1S/C26H25F3N4O2.ClH/c27-26(28,29)21-5-3-18(4-6-21)19-9-11-32(25(35)15-19)22-7-8-24-20(14-22)16-30-33(24)13-12-31-10-1-2-23(31)17-34;/h3-9,11,14-16,23,34H,1-2,10,12-13,17H2;1H/t23-;/m0./s1. The number of halogens is 4. The van der Waals surface area contributed by atoms with E-state index in [9.17, 15) is 23.1 Å². The number of alkyl halides is 3. The van der Waals surface area contributed by atoms with Gasteiger partial charge >= 0.3 is 6.18 Å². The van der Waals surface area contributed by atoms with Gasteiger partial charge in [-0.15, -0.1) is 12.4 Å². The SMILES string of the molecule is Cl.O=c1cc(-c2ccc(C(F)(F)F)cc2)ccn1-c1ccc2c(cnn2CCN2CCC[C@H]2CO)c1. The van der Waals surface area contributed by atoms with E-state index < -0.39 is 11.7 Å². The lowest BCUT2D eigenvalue weighted by Crippen LogP contribution is -2.34. The fourth-order valence-corrected chi connectivity index (χ4v) is 4.75. The Bertz CT molecular complexity index is 1400. The molecule has 0 unspecified atom stereocenters. The van der Waals surface area contributed by atoms with Gasteiger partial charge in [0.1, 0.15) is 0 Å². The molecule has 0 radical (unpaired) electrons. The Hall–Kier alpha value is -3.14. The summed E-state index contributed by atoms with van der Waals surface area (Å²) in [4.78, 5) is 15.1. The van der Waals surface area contributed by atoms with E-state index in [0.717, 1.165) is 49.0 Å². The van der Waals surface area contributed by atoms with Crippen LogP contribution in [0.5, 0.6) is 0 Å². The molecule has 1 saturated heterocycles. The number of hydrogen-bond acceptors (Lipinski definition) is 4. The molecule has 0 aliphatic carbocycles. The first-order valence-corrected chi connectivity index (χ1v) is 11.5. The molecule has 1 aliphatic rings. The molecule has 0 saturated carbocycles. The van der Waals surface area contributed by atoms with Crippen molar-refractivity contribution in [2.45, 2.75) is 31.6 Å². The Morgan fingerprint density at radius 2 is 1.78 bits per heavy atom. The fraction of sp³-hybridized carbons (Fsp3) is 0.308. The van der Waals surface area contributed by atoms with Crippen molar-refractivity contribution >= 4 is 23.3 Å². The molecule has 36 heavy (non-hydrogen) atoms. The van der Waals surface area contributed by atoms with Crippen LogP contribution in [0.3, 0.4) is 0 Å². The highest BCUT2D eigenvalue weighted by atomic mass is 35.5. The van der Waals surface area contributed by atoms with Crippen LogP contribution in [0.15, 0.2) is 71.8 Å². The molecule has 2 aromatic heterocycles. The molecule has 1 N–H and O–H groups in total. The van der Waals surface area contributed by atoms with Crippen LogP contribution in [0.25, 0.3) is 27.7 Å². The number of aromatic nitrogens is 3. The second-order valence-corrected chi connectivity index (χ2v) is 8.82. The summed E-state index contributed by atoms with van der Waals surface area (Å²) in [7, 11) is 0. The molecule has 5 rings (SSSR count). The van der Waals surface area contributed by atoms with Gasteiger partial charge in [-0.05, 0) is 66.9 Å². The summed E-state index contributed by atoms with van der Waals surface area (Å²) in [5.41, 5.74) is 1.73. The van der Waals surface area contributed by atoms with Gasteiger partial charge in [0.25, 0.3) is 5.56 Å². The topological polar surface area (TPSA) is 63.3 Å². The Morgan fingerprint density at radius 3 is 2.47 bits per heavy atom. The number of pyridine rings is 1. The summed E-state index contributed by atoms with van der Waals surface area (Å²) >= 11 is 0.